The lowest BCUT2D eigenvalue weighted by molar-refractivity contribution is -0.130. The quantitative estimate of drug-likeness (QED) is 0.635. The Morgan fingerprint density at radius 2 is 1.68 bits per heavy atom. The Bertz CT molecular complexity index is 1230. The van der Waals surface area contributed by atoms with E-state index in [-0.39, 0.29) is 17.3 Å². The van der Waals surface area contributed by atoms with Gasteiger partial charge in [0.1, 0.15) is 18.1 Å². The number of hydrogen-bond acceptors (Lipinski definition) is 4. The van der Waals surface area contributed by atoms with Gasteiger partial charge in [0.2, 0.25) is 11.8 Å². The van der Waals surface area contributed by atoms with Gasteiger partial charge in [0.25, 0.3) is 0 Å². The van der Waals surface area contributed by atoms with Gasteiger partial charge in [-0.05, 0) is 43.2 Å². The molecule has 9 heteroatoms. The molecule has 1 fully saturated rings. The smallest absolute Gasteiger partial charge is 0.242 e. The molecule has 0 radical (unpaired) electrons. The largest absolute Gasteiger partial charge is 0.341 e. The molecular weight excluding hydrogens is 421 g/mol. The molecule has 2 aromatic carbocycles. The first-order chi connectivity index (χ1) is 14.8. The fourth-order valence-corrected chi connectivity index (χ4v) is 5.15. The molecule has 1 aliphatic rings. The first-order valence-corrected chi connectivity index (χ1v) is 11.6. The SMILES string of the molecule is O=C(CS(=O)(=O)c1cn(CC(=O)N2CCCC2)c2ccccc12)Nc1ccc(F)cc1. The molecule has 3 aromatic rings. The minimum absolute atomic E-state index is 0.00609. The van der Waals surface area contributed by atoms with Crippen LogP contribution >= 0.6 is 0 Å². The summed E-state index contributed by atoms with van der Waals surface area (Å²) in [6.45, 7) is 1.47. The Morgan fingerprint density at radius 1 is 1.00 bits per heavy atom. The van der Waals surface area contributed by atoms with Crippen molar-refractivity contribution in [2.75, 3.05) is 24.2 Å². The molecule has 2 amide bonds. The maximum atomic E-state index is 13.0. The summed E-state index contributed by atoms with van der Waals surface area (Å²) in [5.41, 5.74) is 0.924. The number of nitrogens with one attached hydrogen (secondary N) is 1. The predicted molar refractivity (Wildman–Crippen MR) is 115 cm³/mol. The van der Waals surface area contributed by atoms with Crippen molar-refractivity contribution in [1.29, 1.82) is 0 Å². The van der Waals surface area contributed by atoms with Crippen LogP contribution in [0.15, 0.2) is 59.6 Å². The average molecular weight is 444 g/mol. The summed E-state index contributed by atoms with van der Waals surface area (Å²) in [5, 5.41) is 2.93. The average Bonchev–Trinajstić information content (AvgIpc) is 3.38. The van der Waals surface area contributed by atoms with Gasteiger partial charge in [-0.15, -0.1) is 0 Å². The highest BCUT2D eigenvalue weighted by Crippen LogP contribution is 2.27. The normalized spacial score (nSPS) is 14.2. The number of benzene rings is 2. The summed E-state index contributed by atoms with van der Waals surface area (Å²) in [5.74, 6) is -2.01. The molecule has 0 atom stereocenters. The van der Waals surface area contributed by atoms with Gasteiger partial charge in [0.05, 0.1) is 4.90 Å². The molecule has 1 aromatic heterocycles. The zero-order valence-electron chi connectivity index (χ0n) is 16.8. The lowest BCUT2D eigenvalue weighted by Crippen LogP contribution is -2.30. The van der Waals surface area contributed by atoms with Crippen LogP contribution in [0.3, 0.4) is 0 Å². The number of para-hydroxylation sites is 1. The second kappa shape index (κ2) is 8.50. The number of amides is 2. The predicted octanol–water partition coefficient (Wildman–Crippen LogP) is 2.82. The molecule has 0 unspecified atom stereocenters. The molecular formula is C22H22FN3O4S. The van der Waals surface area contributed by atoms with Gasteiger partial charge in [0, 0.05) is 35.9 Å². The Kier molecular flexibility index (Phi) is 5.77. The highest BCUT2D eigenvalue weighted by Gasteiger charge is 2.26. The van der Waals surface area contributed by atoms with E-state index >= 15 is 0 Å². The standard InChI is InChI=1S/C22H22FN3O4S/c23-16-7-9-17(10-8-16)24-21(27)15-31(29,30)20-13-26(19-6-2-1-5-18(19)20)14-22(28)25-11-3-4-12-25/h1-2,5-10,13H,3-4,11-12,14-15H2,(H,24,27). The van der Waals surface area contributed by atoms with Crippen LogP contribution in [0.25, 0.3) is 10.9 Å². The third kappa shape index (κ3) is 4.61. The van der Waals surface area contributed by atoms with E-state index in [9.17, 15) is 22.4 Å². The lowest BCUT2D eigenvalue weighted by atomic mass is 10.2. The molecule has 162 valence electrons. The molecule has 31 heavy (non-hydrogen) atoms. The molecule has 1 aliphatic heterocycles. The van der Waals surface area contributed by atoms with Crippen LogP contribution in [0.5, 0.6) is 0 Å². The van der Waals surface area contributed by atoms with Gasteiger partial charge in [-0.2, -0.15) is 0 Å². The van der Waals surface area contributed by atoms with E-state index in [1.165, 1.54) is 30.5 Å². The molecule has 2 heterocycles. The summed E-state index contributed by atoms with van der Waals surface area (Å²) in [6, 6.07) is 12.0. The number of halogens is 1. The fraction of sp³-hybridized carbons (Fsp3) is 0.273. The van der Waals surface area contributed by atoms with Gasteiger partial charge < -0.3 is 14.8 Å². The number of carbonyl (C=O) groups excluding carboxylic acids is 2. The maximum absolute atomic E-state index is 13.0. The van der Waals surface area contributed by atoms with E-state index < -0.39 is 27.3 Å². The van der Waals surface area contributed by atoms with Crippen molar-refractivity contribution < 1.29 is 22.4 Å². The van der Waals surface area contributed by atoms with E-state index in [1.54, 1.807) is 33.7 Å². The molecule has 0 spiro atoms. The second-order valence-corrected chi connectivity index (χ2v) is 9.50. The lowest BCUT2D eigenvalue weighted by Gasteiger charge is -2.15. The fourth-order valence-electron chi connectivity index (χ4n) is 3.78. The number of sulfone groups is 1. The van der Waals surface area contributed by atoms with Crippen molar-refractivity contribution in [2.45, 2.75) is 24.3 Å². The van der Waals surface area contributed by atoms with Gasteiger partial charge in [-0.25, -0.2) is 12.8 Å². The van der Waals surface area contributed by atoms with Gasteiger partial charge in [-0.1, -0.05) is 18.2 Å². The van der Waals surface area contributed by atoms with Crippen LogP contribution in [-0.2, 0) is 26.0 Å². The van der Waals surface area contributed by atoms with Crippen LogP contribution in [0.2, 0.25) is 0 Å². The number of hydrogen-bond donors (Lipinski definition) is 1. The molecule has 0 aliphatic carbocycles. The van der Waals surface area contributed by atoms with Crippen molar-refractivity contribution in [1.82, 2.24) is 9.47 Å². The first-order valence-electron chi connectivity index (χ1n) is 9.97. The highest BCUT2D eigenvalue weighted by molar-refractivity contribution is 7.92. The minimum atomic E-state index is -3.98. The molecule has 4 rings (SSSR count). The third-order valence-corrected chi connectivity index (χ3v) is 6.94. The van der Waals surface area contributed by atoms with Crippen LogP contribution < -0.4 is 5.32 Å². The van der Waals surface area contributed by atoms with Crippen molar-refractivity contribution >= 4 is 38.2 Å². The summed E-state index contributed by atoms with van der Waals surface area (Å²) in [4.78, 5) is 26.7. The van der Waals surface area contributed by atoms with Gasteiger partial charge in [0.15, 0.2) is 9.84 Å². The van der Waals surface area contributed by atoms with E-state index in [1.807, 2.05) is 0 Å². The Balaban J connectivity index is 1.58. The molecule has 0 bridgehead atoms. The second-order valence-electron chi connectivity index (χ2n) is 7.54. The van der Waals surface area contributed by atoms with Gasteiger partial charge >= 0.3 is 0 Å². The summed E-state index contributed by atoms with van der Waals surface area (Å²) >= 11 is 0. The van der Waals surface area contributed by atoms with Crippen molar-refractivity contribution in [3.05, 3.63) is 60.5 Å². The van der Waals surface area contributed by atoms with Crippen LogP contribution in [0.4, 0.5) is 10.1 Å². The monoisotopic (exact) mass is 443 g/mol. The van der Waals surface area contributed by atoms with E-state index in [0.29, 0.717) is 29.7 Å². The van der Waals surface area contributed by atoms with Crippen LogP contribution in [0.1, 0.15) is 12.8 Å². The third-order valence-electron chi connectivity index (χ3n) is 5.30. The van der Waals surface area contributed by atoms with Crippen LogP contribution in [0, 0.1) is 5.82 Å². The molecule has 1 N–H and O–H groups in total. The Morgan fingerprint density at radius 3 is 2.39 bits per heavy atom. The van der Waals surface area contributed by atoms with E-state index in [4.69, 9.17) is 0 Å². The molecule has 0 saturated carbocycles. The number of carbonyl (C=O) groups is 2. The summed E-state index contributed by atoms with van der Waals surface area (Å²) in [7, 11) is -3.98. The number of anilines is 1. The van der Waals surface area contributed by atoms with Crippen LogP contribution in [-0.4, -0.2) is 48.5 Å². The van der Waals surface area contributed by atoms with Crippen molar-refractivity contribution in [3.63, 3.8) is 0 Å². The number of rotatable bonds is 6. The number of aromatic nitrogens is 1. The Labute approximate surface area is 179 Å². The zero-order chi connectivity index (χ0) is 22.0. The highest BCUT2D eigenvalue weighted by atomic mass is 32.2. The number of likely N-dealkylation sites (tertiary alicyclic amines) is 1. The van der Waals surface area contributed by atoms with E-state index in [2.05, 4.69) is 5.32 Å². The Hall–Kier alpha value is -3.20. The summed E-state index contributed by atoms with van der Waals surface area (Å²) in [6.07, 6.45) is 3.38. The molecule has 7 nitrogen and oxygen atoms in total. The van der Waals surface area contributed by atoms with E-state index in [0.717, 1.165) is 12.8 Å². The van der Waals surface area contributed by atoms with Crippen molar-refractivity contribution in [3.8, 4) is 0 Å². The minimum Gasteiger partial charge on any atom is -0.341 e. The topological polar surface area (TPSA) is 88.5 Å². The summed E-state index contributed by atoms with van der Waals surface area (Å²) < 4.78 is 40.7. The molecule has 1 saturated heterocycles. The van der Waals surface area contributed by atoms with Gasteiger partial charge in [-0.3, -0.25) is 9.59 Å². The first kappa shape index (κ1) is 21.0. The zero-order valence-corrected chi connectivity index (χ0v) is 17.6. The van der Waals surface area contributed by atoms with Crippen molar-refractivity contribution in [2.24, 2.45) is 0 Å². The number of fused-ring (bicyclic) bond motifs is 1. The number of nitrogens with zero attached hydrogens (tertiary/aromatic N) is 2. The maximum Gasteiger partial charge on any atom is 0.242 e.